The van der Waals surface area contributed by atoms with Crippen LogP contribution in [0.3, 0.4) is 0 Å². The van der Waals surface area contributed by atoms with Crippen molar-refractivity contribution in [3.05, 3.63) is 48.3 Å². The van der Waals surface area contributed by atoms with Gasteiger partial charge < -0.3 is 15.4 Å². The molecular formula is C22H24N7O+. The summed E-state index contributed by atoms with van der Waals surface area (Å²) in [6.07, 6.45) is 7.54. The Kier molecular flexibility index (Phi) is 5.17. The van der Waals surface area contributed by atoms with Crippen molar-refractivity contribution in [1.82, 2.24) is 20.3 Å². The number of hydrogen-bond acceptors (Lipinski definition) is 7. The van der Waals surface area contributed by atoms with E-state index in [4.69, 9.17) is 9.72 Å². The van der Waals surface area contributed by atoms with Crippen molar-refractivity contribution < 1.29 is 9.42 Å². The molecule has 2 atom stereocenters. The smallest absolute Gasteiger partial charge is 0.185 e. The van der Waals surface area contributed by atoms with E-state index in [0.717, 1.165) is 47.8 Å². The molecule has 8 nitrogen and oxygen atoms in total. The molecule has 2 aliphatic heterocycles. The van der Waals surface area contributed by atoms with Crippen LogP contribution < -0.4 is 10.6 Å². The molecule has 152 valence electrons. The van der Waals surface area contributed by atoms with Crippen LogP contribution in [0.5, 0.6) is 0 Å². The number of morpholine rings is 1. The summed E-state index contributed by atoms with van der Waals surface area (Å²) in [5.41, 5.74) is 4.68. The van der Waals surface area contributed by atoms with Crippen molar-refractivity contribution in [2.24, 2.45) is 5.10 Å². The van der Waals surface area contributed by atoms with Gasteiger partial charge in [-0.25, -0.2) is 9.97 Å². The lowest BCUT2D eigenvalue weighted by molar-refractivity contribution is -0.494. The number of hydrogen-bond donors (Lipinski definition) is 2. The zero-order chi connectivity index (χ0) is 20.3. The van der Waals surface area contributed by atoms with Gasteiger partial charge in [-0.15, -0.1) is 0 Å². The highest BCUT2D eigenvalue weighted by atomic mass is 16.5. The summed E-state index contributed by atoms with van der Waals surface area (Å²) in [7, 11) is 1.94. The Morgan fingerprint density at radius 3 is 2.83 bits per heavy atom. The minimum absolute atomic E-state index is 0.109. The molecule has 1 unspecified atom stereocenters. The molecule has 1 aromatic carbocycles. The van der Waals surface area contributed by atoms with Gasteiger partial charge in [-0.3, -0.25) is 4.98 Å². The Morgan fingerprint density at radius 1 is 1.20 bits per heavy atom. The lowest BCUT2D eigenvalue weighted by Crippen LogP contribution is -2.42. The van der Waals surface area contributed by atoms with E-state index in [1.807, 2.05) is 24.0 Å². The van der Waals surface area contributed by atoms with E-state index in [1.54, 1.807) is 12.4 Å². The van der Waals surface area contributed by atoms with Gasteiger partial charge in [0.25, 0.3) is 0 Å². The minimum Gasteiger partial charge on any atom is -0.374 e. The second-order valence-electron chi connectivity index (χ2n) is 7.49. The van der Waals surface area contributed by atoms with E-state index in [1.165, 1.54) is 5.56 Å². The van der Waals surface area contributed by atoms with E-state index in [2.05, 4.69) is 56.2 Å². The first-order chi connectivity index (χ1) is 14.8. The SMILES string of the molecule is C[N+]1=CC(c2ccc(-c3cc4nccnc4c(NC[C@@H]4CNCCO4)n3)cc2)C=N1. The standard InChI is InChI=1S/C22H24N7O/c1-29-14-17(11-27-29)15-2-4-16(5-3-15)19-10-20-21(25-7-6-24-20)22(28-19)26-13-18-12-23-8-9-30-18/h2-7,10-11,14,17-18,23H,8-9,12-13H2,1H3,(H,26,28)/q+1/t17?,18-/m0/s1. The Morgan fingerprint density at radius 2 is 2.07 bits per heavy atom. The van der Waals surface area contributed by atoms with Gasteiger partial charge >= 0.3 is 0 Å². The Bertz CT molecular complexity index is 1100. The fraction of sp³-hybridized carbons (Fsp3) is 0.318. The van der Waals surface area contributed by atoms with Crippen LogP contribution in [-0.4, -0.2) is 71.5 Å². The van der Waals surface area contributed by atoms with Crippen molar-refractivity contribution in [3.63, 3.8) is 0 Å². The monoisotopic (exact) mass is 402 g/mol. The maximum Gasteiger partial charge on any atom is 0.185 e. The summed E-state index contributed by atoms with van der Waals surface area (Å²) in [5, 5.41) is 11.1. The quantitative estimate of drug-likeness (QED) is 0.634. The van der Waals surface area contributed by atoms with Gasteiger partial charge in [0.15, 0.2) is 19.1 Å². The number of fused-ring (bicyclic) bond motifs is 1. The number of aromatic nitrogens is 3. The highest BCUT2D eigenvalue weighted by molar-refractivity contribution is 5.91. The molecule has 0 amide bonds. The van der Waals surface area contributed by atoms with Crippen LogP contribution in [0.25, 0.3) is 22.3 Å². The van der Waals surface area contributed by atoms with Gasteiger partial charge in [0.05, 0.1) is 30.1 Å². The third-order valence-corrected chi connectivity index (χ3v) is 5.34. The predicted molar refractivity (Wildman–Crippen MR) is 117 cm³/mol. The average molecular weight is 402 g/mol. The molecule has 0 saturated carbocycles. The van der Waals surface area contributed by atoms with Crippen LogP contribution in [0.2, 0.25) is 0 Å². The van der Waals surface area contributed by atoms with Crippen molar-refractivity contribution in [2.45, 2.75) is 12.0 Å². The number of nitrogens with one attached hydrogen (secondary N) is 2. The van der Waals surface area contributed by atoms with E-state index in [0.29, 0.717) is 6.54 Å². The first kappa shape index (κ1) is 18.8. The number of hydrazone groups is 1. The zero-order valence-corrected chi connectivity index (χ0v) is 16.8. The molecule has 2 N–H and O–H groups in total. The molecule has 30 heavy (non-hydrogen) atoms. The van der Waals surface area contributed by atoms with Crippen molar-refractivity contribution >= 4 is 29.3 Å². The highest BCUT2D eigenvalue weighted by Gasteiger charge is 2.18. The molecule has 1 fully saturated rings. The van der Waals surface area contributed by atoms with E-state index < -0.39 is 0 Å². The van der Waals surface area contributed by atoms with Crippen LogP contribution in [0.1, 0.15) is 11.5 Å². The number of anilines is 1. The Labute approximate surface area is 174 Å². The summed E-state index contributed by atoms with van der Waals surface area (Å²) in [6.45, 7) is 3.12. The lowest BCUT2D eigenvalue weighted by Gasteiger charge is -2.24. The third kappa shape index (κ3) is 3.92. The second-order valence-corrected chi connectivity index (χ2v) is 7.49. The molecule has 2 aromatic heterocycles. The van der Waals surface area contributed by atoms with E-state index in [9.17, 15) is 0 Å². The fourth-order valence-corrected chi connectivity index (χ4v) is 3.74. The van der Waals surface area contributed by atoms with E-state index in [-0.39, 0.29) is 12.0 Å². The van der Waals surface area contributed by atoms with Gasteiger partial charge in [-0.2, -0.15) is 0 Å². The molecule has 0 aliphatic carbocycles. The number of benzene rings is 1. The van der Waals surface area contributed by atoms with Crippen LogP contribution in [-0.2, 0) is 4.74 Å². The number of rotatable bonds is 5. The van der Waals surface area contributed by atoms with Gasteiger partial charge in [-0.05, 0) is 16.7 Å². The van der Waals surface area contributed by atoms with Gasteiger partial charge in [-0.1, -0.05) is 28.9 Å². The first-order valence-corrected chi connectivity index (χ1v) is 10.2. The maximum absolute atomic E-state index is 5.79. The minimum atomic E-state index is 0.109. The summed E-state index contributed by atoms with van der Waals surface area (Å²) in [4.78, 5) is 13.8. The summed E-state index contributed by atoms with van der Waals surface area (Å²) in [6, 6.07) is 10.4. The van der Waals surface area contributed by atoms with E-state index >= 15 is 0 Å². The Balaban J connectivity index is 1.43. The van der Waals surface area contributed by atoms with Crippen LogP contribution in [0.4, 0.5) is 5.82 Å². The topological polar surface area (TPSA) is 87.3 Å². The van der Waals surface area contributed by atoms with Crippen molar-refractivity contribution in [3.8, 4) is 11.3 Å². The molecule has 2 aliphatic rings. The molecule has 1 saturated heterocycles. The molecular weight excluding hydrogens is 378 g/mol. The summed E-state index contributed by atoms with van der Waals surface area (Å²) >= 11 is 0. The number of pyridine rings is 1. The average Bonchev–Trinajstić information content (AvgIpc) is 3.24. The maximum atomic E-state index is 5.79. The number of ether oxygens (including phenoxy) is 1. The molecule has 8 heteroatoms. The van der Waals surface area contributed by atoms with Crippen molar-refractivity contribution in [2.75, 3.05) is 38.6 Å². The number of nitrogens with zero attached hydrogens (tertiary/aromatic N) is 5. The first-order valence-electron chi connectivity index (χ1n) is 10.2. The molecule has 0 spiro atoms. The molecule has 5 rings (SSSR count). The molecule has 4 heterocycles. The summed E-state index contributed by atoms with van der Waals surface area (Å²) < 4.78 is 7.63. The van der Waals surface area contributed by atoms with Crippen LogP contribution in [0, 0.1) is 0 Å². The molecule has 3 aromatic rings. The Hall–Kier alpha value is -3.23. The highest BCUT2D eigenvalue weighted by Crippen LogP contribution is 2.27. The van der Waals surface area contributed by atoms with Gasteiger partial charge in [0, 0.05) is 37.6 Å². The normalized spacial score (nSPS) is 21.0. The van der Waals surface area contributed by atoms with Crippen molar-refractivity contribution in [1.29, 1.82) is 0 Å². The van der Waals surface area contributed by atoms with Crippen LogP contribution in [0.15, 0.2) is 47.8 Å². The van der Waals surface area contributed by atoms with Crippen LogP contribution >= 0.6 is 0 Å². The third-order valence-electron chi connectivity index (χ3n) is 5.34. The second kappa shape index (κ2) is 8.25. The largest absolute Gasteiger partial charge is 0.374 e. The fourth-order valence-electron chi connectivity index (χ4n) is 3.74. The molecule has 0 bridgehead atoms. The summed E-state index contributed by atoms with van der Waals surface area (Å²) in [5.74, 6) is 0.938. The van der Waals surface area contributed by atoms with Gasteiger partial charge in [0.2, 0.25) is 0 Å². The van der Waals surface area contributed by atoms with Gasteiger partial charge in [0.1, 0.15) is 11.4 Å². The zero-order valence-electron chi connectivity index (χ0n) is 16.8. The molecule has 0 radical (unpaired) electrons. The predicted octanol–water partition coefficient (Wildman–Crippen LogP) is 1.89. The lowest BCUT2D eigenvalue weighted by atomic mass is 9.99.